The highest BCUT2D eigenvalue weighted by molar-refractivity contribution is 5.73. The van der Waals surface area contributed by atoms with Crippen LogP contribution in [0.2, 0.25) is 0 Å². The standard InChI is InChI=1S/C14H18N6.C2HF3O2/c1-4-16-14(17-5-1)19-13-3-2-12(10-18-13)11-20-8-6-15-7-9-20;3-2(4,5)1(6)7/h1-5,10,15H,6-9,11H2,(H,16,17,18,19);(H,6,7). The first-order valence-electron chi connectivity index (χ1n) is 8.07. The van der Waals surface area contributed by atoms with Crippen molar-refractivity contribution in [1.82, 2.24) is 25.2 Å². The molecule has 1 aliphatic rings. The Bertz CT molecular complexity index is 706. The number of nitrogens with zero attached hydrogens (tertiary/aromatic N) is 4. The highest BCUT2D eigenvalue weighted by Crippen LogP contribution is 2.13. The molecule has 1 aliphatic heterocycles. The van der Waals surface area contributed by atoms with Gasteiger partial charge in [0.05, 0.1) is 0 Å². The number of nitrogens with one attached hydrogen (secondary N) is 2. The Balaban J connectivity index is 0.000000321. The lowest BCUT2D eigenvalue weighted by molar-refractivity contribution is -0.192. The van der Waals surface area contributed by atoms with Crippen molar-refractivity contribution in [3.05, 3.63) is 42.4 Å². The molecule has 11 heteroatoms. The van der Waals surface area contributed by atoms with Gasteiger partial charge in [-0.05, 0) is 17.7 Å². The predicted molar refractivity (Wildman–Crippen MR) is 91.4 cm³/mol. The highest BCUT2D eigenvalue weighted by atomic mass is 19.4. The predicted octanol–water partition coefficient (Wildman–Crippen LogP) is 1.65. The van der Waals surface area contributed by atoms with Crippen LogP contribution in [0, 0.1) is 0 Å². The van der Waals surface area contributed by atoms with E-state index in [1.54, 1.807) is 18.5 Å². The number of hydrogen-bond acceptors (Lipinski definition) is 7. The van der Waals surface area contributed by atoms with Crippen LogP contribution >= 0.6 is 0 Å². The fourth-order valence-electron chi connectivity index (χ4n) is 2.20. The molecule has 3 rings (SSSR count). The lowest BCUT2D eigenvalue weighted by atomic mass is 10.2. The van der Waals surface area contributed by atoms with E-state index in [2.05, 4.69) is 36.6 Å². The van der Waals surface area contributed by atoms with E-state index in [0.29, 0.717) is 5.95 Å². The van der Waals surface area contributed by atoms with E-state index >= 15 is 0 Å². The molecule has 27 heavy (non-hydrogen) atoms. The average molecular weight is 384 g/mol. The number of aliphatic carboxylic acids is 1. The summed E-state index contributed by atoms with van der Waals surface area (Å²) in [4.78, 5) is 24.0. The minimum absolute atomic E-state index is 0.565. The maximum Gasteiger partial charge on any atom is 0.490 e. The van der Waals surface area contributed by atoms with Gasteiger partial charge in [0, 0.05) is 51.3 Å². The molecule has 2 aromatic heterocycles. The van der Waals surface area contributed by atoms with Crippen molar-refractivity contribution in [2.24, 2.45) is 0 Å². The van der Waals surface area contributed by atoms with Crippen LogP contribution in [0.3, 0.4) is 0 Å². The molecule has 0 radical (unpaired) electrons. The third kappa shape index (κ3) is 7.54. The summed E-state index contributed by atoms with van der Waals surface area (Å²) in [5.41, 5.74) is 1.23. The van der Waals surface area contributed by atoms with E-state index < -0.39 is 12.1 Å². The zero-order valence-electron chi connectivity index (χ0n) is 14.3. The Kier molecular flexibility index (Phi) is 7.44. The minimum atomic E-state index is -5.08. The Morgan fingerprint density at radius 2 is 1.81 bits per heavy atom. The van der Waals surface area contributed by atoms with Crippen molar-refractivity contribution < 1.29 is 23.1 Å². The van der Waals surface area contributed by atoms with Gasteiger partial charge in [-0.1, -0.05) is 6.07 Å². The second-order valence-corrected chi connectivity index (χ2v) is 5.58. The molecule has 0 aliphatic carbocycles. The number of carboxylic acids is 1. The van der Waals surface area contributed by atoms with Gasteiger partial charge in [-0.25, -0.2) is 19.7 Å². The van der Waals surface area contributed by atoms with Gasteiger partial charge in [0.1, 0.15) is 5.82 Å². The molecule has 1 fully saturated rings. The zero-order valence-corrected chi connectivity index (χ0v) is 14.3. The summed E-state index contributed by atoms with van der Waals surface area (Å²) in [6.45, 7) is 5.28. The van der Waals surface area contributed by atoms with Crippen molar-refractivity contribution in [1.29, 1.82) is 0 Å². The fourth-order valence-corrected chi connectivity index (χ4v) is 2.20. The van der Waals surface area contributed by atoms with Crippen molar-refractivity contribution in [3.8, 4) is 0 Å². The first-order chi connectivity index (χ1) is 12.8. The Morgan fingerprint density at radius 1 is 1.19 bits per heavy atom. The monoisotopic (exact) mass is 384 g/mol. The molecule has 146 valence electrons. The number of rotatable bonds is 4. The van der Waals surface area contributed by atoms with Crippen molar-refractivity contribution in [2.45, 2.75) is 12.7 Å². The summed E-state index contributed by atoms with van der Waals surface area (Å²) < 4.78 is 31.7. The summed E-state index contributed by atoms with van der Waals surface area (Å²) in [6, 6.07) is 5.85. The molecular formula is C16H19F3N6O2. The molecule has 0 aromatic carbocycles. The Labute approximate surface area is 153 Å². The number of alkyl halides is 3. The summed E-state index contributed by atoms with van der Waals surface area (Å²) in [5.74, 6) is -1.43. The molecule has 0 atom stereocenters. The van der Waals surface area contributed by atoms with Gasteiger partial charge in [-0.3, -0.25) is 4.90 Å². The lowest BCUT2D eigenvalue weighted by Crippen LogP contribution is -2.42. The molecule has 0 unspecified atom stereocenters. The first kappa shape index (κ1) is 20.5. The lowest BCUT2D eigenvalue weighted by Gasteiger charge is -2.27. The number of halogens is 3. The molecule has 1 saturated heterocycles. The molecule has 0 amide bonds. The van der Waals surface area contributed by atoms with Gasteiger partial charge in [0.2, 0.25) is 5.95 Å². The van der Waals surface area contributed by atoms with E-state index in [9.17, 15) is 13.2 Å². The number of piperazine rings is 1. The van der Waals surface area contributed by atoms with Crippen molar-refractivity contribution in [3.63, 3.8) is 0 Å². The number of pyridine rings is 1. The fraction of sp³-hybridized carbons (Fsp3) is 0.375. The van der Waals surface area contributed by atoms with Crippen LogP contribution < -0.4 is 10.6 Å². The van der Waals surface area contributed by atoms with Crippen LogP contribution in [-0.2, 0) is 11.3 Å². The van der Waals surface area contributed by atoms with Gasteiger partial charge < -0.3 is 15.7 Å². The molecule has 3 N–H and O–H groups in total. The van der Waals surface area contributed by atoms with E-state index in [1.807, 2.05) is 12.3 Å². The van der Waals surface area contributed by atoms with Gasteiger partial charge in [-0.2, -0.15) is 13.2 Å². The van der Waals surface area contributed by atoms with Gasteiger partial charge >= 0.3 is 12.1 Å². The molecule has 0 saturated carbocycles. The van der Waals surface area contributed by atoms with Crippen molar-refractivity contribution in [2.75, 3.05) is 31.5 Å². The number of anilines is 2. The number of hydrogen-bond donors (Lipinski definition) is 3. The maximum absolute atomic E-state index is 10.6. The van der Waals surface area contributed by atoms with Crippen LogP contribution in [0.5, 0.6) is 0 Å². The summed E-state index contributed by atoms with van der Waals surface area (Å²) in [6.07, 6.45) is 0.232. The van der Waals surface area contributed by atoms with Crippen LogP contribution in [0.4, 0.5) is 24.9 Å². The van der Waals surface area contributed by atoms with Crippen molar-refractivity contribution >= 4 is 17.7 Å². The number of carbonyl (C=O) groups is 1. The highest BCUT2D eigenvalue weighted by Gasteiger charge is 2.38. The topological polar surface area (TPSA) is 103 Å². The first-order valence-corrected chi connectivity index (χ1v) is 8.07. The maximum atomic E-state index is 10.6. The van der Waals surface area contributed by atoms with E-state index in [0.717, 1.165) is 38.5 Å². The summed E-state index contributed by atoms with van der Waals surface area (Å²) in [7, 11) is 0. The second kappa shape index (κ2) is 9.78. The Hall–Kier alpha value is -2.79. The SMILES string of the molecule is O=C(O)C(F)(F)F.c1cnc(Nc2ccc(CN3CCNCC3)cn2)nc1. The third-order valence-corrected chi connectivity index (χ3v) is 3.49. The molecule has 8 nitrogen and oxygen atoms in total. The minimum Gasteiger partial charge on any atom is -0.475 e. The normalized spacial score (nSPS) is 14.8. The zero-order chi connectivity index (χ0) is 19.7. The molecule has 0 bridgehead atoms. The van der Waals surface area contributed by atoms with Gasteiger partial charge in [-0.15, -0.1) is 0 Å². The van der Waals surface area contributed by atoms with Gasteiger partial charge in [0.25, 0.3) is 0 Å². The van der Waals surface area contributed by atoms with Crippen LogP contribution in [-0.4, -0.2) is 63.3 Å². The number of aromatic nitrogens is 3. The Morgan fingerprint density at radius 3 is 2.33 bits per heavy atom. The smallest absolute Gasteiger partial charge is 0.475 e. The quantitative estimate of drug-likeness (QED) is 0.731. The molecular weight excluding hydrogens is 365 g/mol. The van der Waals surface area contributed by atoms with E-state index in [-0.39, 0.29) is 0 Å². The van der Waals surface area contributed by atoms with E-state index in [1.165, 1.54) is 5.56 Å². The summed E-state index contributed by atoms with van der Waals surface area (Å²) >= 11 is 0. The molecule has 2 aromatic rings. The van der Waals surface area contributed by atoms with Crippen LogP contribution in [0.1, 0.15) is 5.56 Å². The second-order valence-electron chi connectivity index (χ2n) is 5.58. The van der Waals surface area contributed by atoms with E-state index in [4.69, 9.17) is 9.90 Å². The van der Waals surface area contributed by atoms with Gasteiger partial charge in [0.15, 0.2) is 0 Å². The van der Waals surface area contributed by atoms with Crippen LogP contribution in [0.15, 0.2) is 36.8 Å². The third-order valence-electron chi connectivity index (χ3n) is 3.49. The summed E-state index contributed by atoms with van der Waals surface area (Å²) in [5, 5.41) is 13.6. The number of carboxylic acid groups (broad SMARTS) is 1. The molecule has 3 heterocycles. The van der Waals surface area contributed by atoms with Crippen LogP contribution in [0.25, 0.3) is 0 Å². The molecule has 0 spiro atoms. The average Bonchev–Trinajstić information content (AvgIpc) is 2.65. The largest absolute Gasteiger partial charge is 0.490 e.